The molecule has 96 valence electrons. The molecule has 1 atom stereocenters. The molecule has 1 heterocycles. The van der Waals surface area contributed by atoms with Crippen molar-refractivity contribution in [3.05, 3.63) is 51.5 Å². The van der Waals surface area contributed by atoms with Crippen molar-refractivity contribution >= 4 is 11.3 Å². The Bertz CT molecular complexity index is 522. The van der Waals surface area contributed by atoms with E-state index in [1.807, 2.05) is 12.3 Å². The summed E-state index contributed by atoms with van der Waals surface area (Å²) >= 11 is 1.47. The lowest BCUT2D eigenvalue weighted by molar-refractivity contribution is 0.494. The SMILES string of the molecule is Cc1nc(C(Cc2c(F)cccc2F)NN)cs1. The lowest BCUT2D eigenvalue weighted by atomic mass is 10.0. The molecule has 3 N–H and O–H groups in total. The smallest absolute Gasteiger partial charge is 0.129 e. The van der Waals surface area contributed by atoms with Crippen LogP contribution in [0.25, 0.3) is 0 Å². The van der Waals surface area contributed by atoms with E-state index in [4.69, 9.17) is 5.84 Å². The van der Waals surface area contributed by atoms with Gasteiger partial charge in [0.1, 0.15) is 11.6 Å². The van der Waals surface area contributed by atoms with Crippen LogP contribution >= 0.6 is 11.3 Å². The third-order valence-corrected chi connectivity index (χ3v) is 3.46. The fraction of sp³-hybridized carbons (Fsp3) is 0.250. The second-order valence-electron chi connectivity index (χ2n) is 3.91. The molecule has 0 bridgehead atoms. The first-order chi connectivity index (χ1) is 8.61. The Labute approximate surface area is 108 Å². The number of aromatic nitrogens is 1. The maximum atomic E-state index is 13.5. The van der Waals surface area contributed by atoms with Gasteiger partial charge in [-0.1, -0.05) is 6.07 Å². The highest BCUT2D eigenvalue weighted by molar-refractivity contribution is 7.09. The summed E-state index contributed by atoms with van der Waals surface area (Å²) in [5.41, 5.74) is 3.26. The van der Waals surface area contributed by atoms with E-state index in [1.54, 1.807) is 0 Å². The van der Waals surface area contributed by atoms with Crippen molar-refractivity contribution in [2.24, 2.45) is 5.84 Å². The first kappa shape index (κ1) is 13.1. The zero-order valence-electron chi connectivity index (χ0n) is 9.78. The van der Waals surface area contributed by atoms with Crippen LogP contribution < -0.4 is 11.3 Å². The minimum Gasteiger partial charge on any atom is -0.271 e. The number of nitrogens with one attached hydrogen (secondary N) is 1. The summed E-state index contributed by atoms with van der Waals surface area (Å²) in [5, 5.41) is 2.72. The van der Waals surface area contributed by atoms with E-state index in [0.29, 0.717) is 5.69 Å². The minimum absolute atomic E-state index is 0.0195. The fourth-order valence-corrected chi connectivity index (χ4v) is 2.39. The molecule has 0 saturated heterocycles. The highest BCUT2D eigenvalue weighted by Gasteiger charge is 2.18. The fourth-order valence-electron chi connectivity index (χ4n) is 1.72. The van der Waals surface area contributed by atoms with Gasteiger partial charge in [0.15, 0.2) is 0 Å². The van der Waals surface area contributed by atoms with E-state index in [-0.39, 0.29) is 12.0 Å². The molecule has 0 radical (unpaired) electrons. The van der Waals surface area contributed by atoms with Crippen molar-refractivity contribution in [3.8, 4) is 0 Å². The van der Waals surface area contributed by atoms with Gasteiger partial charge in [-0.05, 0) is 19.1 Å². The summed E-state index contributed by atoms with van der Waals surface area (Å²) in [7, 11) is 0. The summed E-state index contributed by atoms with van der Waals surface area (Å²) in [5.74, 6) is 4.30. The topological polar surface area (TPSA) is 50.9 Å². The zero-order chi connectivity index (χ0) is 13.1. The molecule has 3 nitrogen and oxygen atoms in total. The van der Waals surface area contributed by atoms with Gasteiger partial charge in [-0.3, -0.25) is 11.3 Å². The Morgan fingerprint density at radius 2 is 2.06 bits per heavy atom. The van der Waals surface area contributed by atoms with Crippen LogP contribution in [-0.2, 0) is 6.42 Å². The van der Waals surface area contributed by atoms with Crippen LogP contribution in [0.2, 0.25) is 0 Å². The Kier molecular flexibility index (Phi) is 4.00. The number of benzene rings is 1. The van der Waals surface area contributed by atoms with E-state index in [2.05, 4.69) is 10.4 Å². The van der Waals surface area contributed by atoms with Gasteiger partial charge in [0.2, 0.25) is 0 Å². The van der Waals surface area contributed by atoms with Gasteiger partial charge in [-0.2, -0.15) is 0 Å². The number of hydrazine groups is 1. The maximum absolute atomic E-state index is 13.5. The van der Waals surface area contributed by atoms with Crippen LogP contribution in [0.3, 0.4) is 0 Å². The van der Waals surface area contributed by atoms with E-state index in [0.717, 1.165) is 5.01 Å². The van der Waals surface area contributed by atoms with Crippen LogP contribution in [-0.4, -0.2) is 4.98 Å². The number of thiazole rings is 1. The Balaban J connectivity index is 2.26. The molecular weight excluding hydrogens is 256 g/mol. The lowest BCUT2D eigenvalue weighted by Gasteiger charge is -2.14. The van der Waals surface area contributed by atoms with Gasteiger partial charge in [-0.25, -0.2) is 13.8 Å². The number of hydrogen-bond donors (Lipinski definition) is 2. The summed E-state index contributed by atoms with van der Waals surface area (Å²) in [6.45, 7) is 1.87. The predicted octanol–water partition coefficient (Wildman–Crippen LogP) is 2.48. The number of nitrogens with zero attached hydrogens (tertiary/aromatic N) is 1. The largest absolute Gasteiger partial charge is 0.271 e. The molecule has 1 unspecified atom stereocenters. The van der Waals surface area contributed by atoms with Gasteiger partial charge in [0.05, 0.1) is 16.7 Å². The zero-order valence-corrected chi connectivity index (χ0v) is 10.6. The summed E-state index contributed by atoms with van der Waals surface area (Å²) < 4.78 is 27.1. The standard InChI is InChI=1S/C12H13F2N3S/c1-7-16-12(6-18-7)11(17-15)5-8-9(13)3-2-4-10(8)14/h2-4,6,11,17H,5,15H2,1H3. The average Bonchev–Trinajstić information content (AvgIpc) is 2.76. The summed E-state index contributed by atoms with van der Waals surface area (Å²) in [6.07, 6.45) is 0.123. The van der Waals surface area contributed by atoms with Crippen molar-refractivity contribution in [3.63, 3.8) is 0 Å². The first-order valence-electron chi connectivity index (χ1n) is 5.43. The molecule has 0 aliphatic rings. The highest BCUT2D eigenvalue weighted by Crippen LogP contribution is 2.22. The Morgan fingerprint density at radius 3 is 2.56 bits per heavy atom. The number of nitrogens with two attached hydrogens (primary N) is 1. The van der Waals surface area contributed by atoms with Crippen molar-refractivity contribution in [1.82, 2.24) is 10.4 Å². The van der Waals surface area contributed by atoms with Crippen LogP contribution in [0.15, 0.2) is 23.6 Å². The van der Waals surface area contributed by atoms with Crippen LogP contribution in [0.5, 0.6) is 0 Å². The number of hydrogen-bond acceptors (Lipinski definition) is 4. The highest BCUT2D eigenvalue weighted by atomic mass is 32.1. The van der Waals surface area contributed by atoms with Gasteiger partial charge >= 0.3 is 0 Å². The van der Waals surface area contributed by atoms with Crippen LogP contribution in [0.1, 0.15) is 22.3 Å². The second kappa shape index (κ2) is 5.51. The number of aryl methyl sites for hydroxylation is 1. The summed E-state index contributed by atoms with van der Waals surface area (Å²) in [6, 6.07) is 3.41. The molecule has 2 aromatic rings. The molecule has 1 aromatic heterocycles. The van der Waals surface area contributed by atoms with Gasteiger partial charge < -0.3 is 0 Å². The molecule has 1 aromatic carbocycles. The Hall–Kier alpha value is -1.37. The van der Waals surface area contributed by atoms with Gasteiger partial charge in [0, 0.05) is 17.4 Å². The van der Waals surface area contributed by atoms with Crippen molar-refractivity contribution in [2.75, 3.05) is 0 Å². The van der Waals surface area contributed by atoms with Gasteiger partial charge in [-0.15, -0.1) is 11.3 Å². The van der Waals surface area contributed by atoms with Crippen molar-refractivity contribution < 1.29 is 8.78 Å². The maximum Gasteiger partial charge on any atom is 0.129 e. The predicted molar refractivity (Wildman–Crippen MR) is 67.0 cm³/mol. The molecule has 18 heavy (non-hydrogen) atoms. The second-order valence-corrected chi connectivity index (χ2v) is 4.98. The number of halogens is 2. The molecule has 2 rings (SSSR count). The minimum atomic E-state index is -0.567. The average molecular weight is 269 g/mol. The van der Waals surface area contributed by atoms with Crippen LogP contribution in [0, 0.1) is 18.6 Å². The van der Waals surface area contributed by atoms with Crippen molar-refractivity contribution in [2.45, 2.75) is 19.4 Å². The van der Waals surface area contributed by atoms with Crippen molar-refractivity contribution in [1.29, 1.82) is 0 Å². The lowest BCUT2D eigenvalue weighted by Crippen LogP contribution is -2.30. The van der Waals surface area contributed by atoms with E-state index in [1.165, 1.54) is 29.5 Å². The van der Waals surface area contributed by atoms with Crippen LogP contribution in [0.4, 0.5) is 8.78 Å². The molecule has 0 fully saturated rings. The molecule has 0 aliphatic heterocycles. The van der Waals surface area contributed by atoms with E-state index < -0.39 is 17.7 Å². The molecule has 0 saturated carbocycles. The molecular formula is C12H13F2N3S. The first-order valence-corrected chi connectivity index (χ1v) is 6.31. The summed E-state index contributed by atoms with van der Waals surface area (Å²) in [4.78, 5) is 4.27. The van der Waals surface area contributed by atoms with Gasteiger partial charge in [0.25, 0.3) is 0 Å². The molecule has 6 heteroatoms. The molecule has 0 aliphatic carbocycles. The third kappa shape index (κ3) is 2.72. The van der Waals surface area contributed by atoms with E-state index in [9.17, 15) is 8.78 Å². The quantitative estimate of drug-likeness (QED) is 0.662. The van der Waals surface area contributed by atoms with E-state index >= 15 is 0 Å². The third-order valence-electron chi connectivity index (χ3n) is 2.66. The normalized spacial score (nSPS) is 12.7. The molecule has 0 spiro atoms. The Morgan fingerprint density at radius 1 is 1.39 bits per heavy atom. The number of rotatable bonds is 4. The molecule has 0 amide bonds. The monoisotopic (exact) mass is 269 g/mol.